The molecule has 24 heavy (non-hydrogen) atoms. The second kappa shape index (κ2) is 8.62. The van der Waals surface area contributed by atoms with E-state index >= 15 is 0 Å². The fourth-order valence-corrected chi connectivity index (χ4v) is 2.36. The van der Waals surface area contributed by atoms with Crippen LogP contribution in [0.4, 0.5) is 0 Å². The van der Waals surface area contributed by atoms with E-state index in [1.54, 1.807) is 25.1 Å². The first-order chi connectivity index (χ1) is 11.5. The van der Waals surface area contributed by atoms with Crippen molar-refractivity contribution in [3.8, 4) is 5.75 Å². The van der Waals surface area contributed by atoms with Crippen LogP contribution in [0.25, 0.3) is 6.08 Å². The van der Waals surface area contributed by atoms with Crippen LogP contribution in [0.1, 0.15) is 19.4 Å². The van der Waals surface area contributed by atoms with Gasteiger partial charge in [0, 0.05) is 10.7 Å². The van der Waals surface area contributed by atoms with E-state index in [4.69, 9.17) is 27.9 Å². The number of hydrazine groups is 1. The van der Waals surface area contributed by atoms with Gasteiger partial charge in [0.05, 0.1) is 5.02 Å². The number of amides is 1. The molecule has 6 heteroatoms. The number of halogens is 2. The number of carbonyl (C=O) groups excluding carboxylic acids is 1. The van der Waals surface area contributed by atoms with Crippen LogP contribution in [0.3, 0.4) is 0 Å². The molecule has 0 aliphatic carbocycles. The first kappa shape index (κ1) is 18.2. The van der Waals surface area contributed by atoms with Crippen LogP contribution < -0.4 is 15.6 Å². The summed E-state index contributed by atoms with van der Waals surface area (Å²) < 4.78 is 5.55. The number of ether oxygens (including phenoxy) is 1. The number of benzene rings is 2. The van der Waals surface area contributed by atoms with Crippen molar-refractivity contribution in [2.24, 2.45) is 0 Å². The third-order valence-electron chi connectivity index (χ3n) is 3.13. The van der Waals surface area contributed by atoms with Gasteiger partial charge in [-0.05, 0) is 43.7 Å². The summed E-state index contributed by atoms with van der Waals surface area (Å²) >= 11 is 11.9. The monoisotopic (exact) mass is 364 g/mol. The minimum absolute atomic E-state index is 0.318. The number of carbonyl (C=O) groups is 1. The fraction of sp³-hybridized carbons (Fsp3) is 0.167. The smallest absolute Gasteiger partial charge is 0.279 e. The molecule has 0 aliphatic heterocycles. The summed E-state index contributed by atoms with van der Waals surface area (Å²) in [6, 6.07) is 14.6. The van der Waals surface area contributed by atoms with Gasteiger partial charge in [-0.15, -0.1) is 0 Å². The molecule has 126 valence electrons. The maximum atomic E-state index is 12.1. The zero-order valence-electron chi connectivity index (χ0n) is 13.3. The van der Waals surface area contributed by atoms with Gasteiger partial charge >= 0.3 is 0 Å². The number of hydrogen-bond donors (Lipinski definition) is 2. The van der Waals surface area contributed by atoms with Crippen molar-refractivity contribution in [1.82, 2.24) is 10.9 Å². The Labute approximate surface area is 151 Å². The molecule has 2 aromatic rings. The third-order valence-corrected chi connectivity index (χ3v) is 3.66. The van der Waals surface area contributed by atoms with E-state index in [-0.39, 0.29) is 5.91 Å². The van der Waals surface area contributed by atoms with E-state index < -0.39 is 6.10 Å². The summed E-state index contributed by atoms with van der Waals surface area (Å²) in [5.41, 5.74) is 7.28. The Morgan fingerprint density at radius 3 is 2.50 bits per heavy atom. The summed E-state index contributed by atoms with van der Waals surface area (Å²) in [6.07, 6.45) is 1.20. The predicted octanol–water partition coefficient (Wildman–Crippen LogP) is 4.44. The van der Waals surface area contributed by atoms with Crippen molar-refractivity contribution in [3.63, 3.8) is 0 Å². The maximum Gasteiger partial charge on any atom is 0.279 e. The zero-order chi connectivity index (χ0) is 17.5. The van der Waals surface area contributed by atoms with Crippen LogP contribution in [0.15, 0.2) is 54.2 Å². The van der Waals surface area contributed by atoms with E-state index in [0.717, 1.165) is 11.3 Å². The second-order valence-electron chi connectivity index (χ2n) is 5.19. The Bertz CT molecular complexity index is 733. The van der Waals surface area contributed by atoms with Crippen LogP contribution in [0, 0.1) is 0 Å². The van der Waals surface area contributed by atoms with Crippen LogP contribution in [-0.2, 0) is 4.79 Å². The van der Waals surface area contributed by atoms with Gasteiger partial charge in [-0.25, -0.2) is 0 Å². The number of rotatable bonds is 6. The molecule has 2 aromatic carbocycles. The van der Waals surface area contributed by atoms with Crippen molar-refractivity contribution in [3.05, 3.63) is 69.8 Å². The highest BCUT2D eigenvalue weighted by Gasteiger charge is 2.16. The summed E-state index contributed by atoms with van der Waals surface area (Å²) in [5.74, 6) is 0.0853. The molecular weight excluding hydrogens is 347 g/mol. The summed E-state index contributed by atoms with van der Waals surface area (Å²) in [5, 5.41) is 0.864. The molecule has 2 rings (SSSR count). The molecule has 0 aliphatic rings. The van der Waals surface area contributed by atoms with Gasteiger partial charge in [0.25, 0.3) is 5.91 Å². The minimum Gasteiger partial charge on any atom is -0.479 e. The molecule has 0 saturated carbocycles. The fourth-order valence-electron chi connectivity index (χ4n) is 1.91. The minimum atomic E-state index is -0.722. The molecule has 0 unspecified atom stereocenters. The Hall–Kier alpha value is -2.17. The average molecular weight is 365 g/mol. The van der Waals surface area contributed by atoms with Crippen LogP contribution in [0.2, 0.25) is 10.0 Å². The van der Waals surface area contributed by atoms with E-state index in [1.165, 1.54) is 0 Å². The Morgan fingerprint density at radius 1 is 1.12 bits per heavy atom. The Balaban J connectivity index is 1.88. The van der Waals surface area contributed by atoms with Gasteiger partial charge in [0.1, 0.15) is 5.75 Å². The van der Waals surface area contributed by atoms with Gasteiger partial charge in [-0.1, -0.05) is 53.5 Å². The molecule has 1 amide bonds. The van der Waals surface area contributed by atoms with Gasteiger partial charge in [0.2, 0.25) is 0 Å². The van der Waals surface area contributed by atoms with Crippen molar-refractivity contribution < 1.29 is 9.53 Å². The first-order valence-corrected chi connectivity index (χ1v) is 8.12. The van der Waals surface area contributed by atoms with Crippen LogP contribution in [0.5, 0.6) is 5.75 Å². The molecule has 2 N–H and O–H groups in total. The van der Waals surface area contributed by atoms with E-state index in [1.807, 2.05) is 43.3 Å². The van der Waals surface area contributed by atoms with Crippen molar-refractivity contribution in [2.45, 2.75) is 20.0 Å². The lowest BCUT2D eigenvalue weighted by atomic mass is 10.2. The van der Waals surface area contributed by atoms with E-state index in [0.29, 0.717) is 15.8 Å². The highest BCUT2D eigenvalue weighted by Crippen LogP contribution is 2.28. The van der Waals surface area contributed by atoms with Crippen molar-refractivity contribution in [2.75, 3.05) is 0 Å². The summed E-state index contributed by atoms with van der Waals surface area (Å²) in [6.45, 7) is 3.49. The maximum absolute atomic E-state index is 12.1. The van der Waals surface area contributed by atoms with Gasteiger partial charge in [-0.3, -0.25) is 10.2 Å². The molecule has 0 bridgehead atoms. The second-order valence-corrected chi connectivity index (χ2v) is 6.03. The standard InChI is InChI=1S/C18H18Cl2N2O2/c1-12(10-14-6-4-3-5-7-14)21-22-18(23)13(2)24-17-9-8-15(19)11-16(17)20/h3-11,13,21H,1-2H3,(H,22,23)/b12-10+/t13-/m1/s1. The van der Waals surface area contributed by atoms with Crippen LogP contribution in [-0.4, -0.2) is 12.0 Å². The SMILES string of the molecule is C/C(=C\c1ccccc1)NNC(=O)[C@@H](C)Oc1ccc(Cl)cc1Cl. The molecule has 0 aromatic heterocycles. The van der Waals surface area contributed by atoms with Crippen molar-refractivity contribution >= 4 is 35.2 Å². The molecule has 0 saturated heterocycles. The largest absolute Gasteiger partial charge is 0.479 e. The quantitative estimate of drug-likeness (QED) is 0.744. The van der Waals surface area contributed by atoms with E-state index in [9.17, 15) is 4.79 Å². The molecule has 4 nitrogen and oxygen atoms in total. The highest BCUT2D eigenvalue weighted by atomic mass is 35.5. The van der Waals surface area contributed by atoms with Gasteiger partial charge in [-0.2, -0.15) is 0 Å². The Kier molecular flexibility index (Phi) is 6.53. The predicted molar refractivity (Wildman–Crippen MR) is 97.9 cm³/mol. The highest BCUT2D eigenvalue weighted by molar-refractivity contribution is 6.35. The topological polar surface area (TPSA) is 50.4 Å². The molecular formula is C18H18Cl2N2O2. The normalized spacial score (nSPS) is 12.4. The summed E-state index contributed by atoms with van der Waals surface area (Å²) in [7, 11) is 0. The molecule has 1 atom stereocenters. The average Bonchev–Trinajstić information content (AvgIpc) is 2.56. The molecule has 0 fully saturated rings. The van der Waals surface area contributed by atoms with Crippen molar-refractivity contribution in [1.29, 1.82) is 0 Å². The first-order valence-electron chi connectivity index (χ1n) is 7.36. The molecule has 0 radical (unpaired) electrons. The lowest BCUT2D eigenvalue weighted by Crippen LogP contribution is -2.43. The lowest BCUT2D eigenvalue weighted by Gasteiger charge is -2.16. The van der Waals surface area contributed by atoms with Gasteiger partial charge in [0.15, 0.2) is 6.10 Å². The zero-order valence-corrected chi connectivity index (χ0v) is 14.9. The lowest BCUT2D eigenvalue weighted by molar-refractivity contribution is -0.128. The number of hydrogen-bond acceptors (Lipinski definition) is 3. The van der Waals surface area contributed by atoms with Gasteiger partial charge < -0.3 is 10.2 Å². The van der Waals surface area contributed by atoms with Crippen LogP contribution >= 0.6 is 23.2 Å². The number of allylic oxidation sites excluding steroid dienone is 1. The molecule has 0 heterocycles. The third kappa shape index (κ3) is 5.48. The number of nitrogens with one attached hydrogen (secondary N) is 2. The Morgan fingerprint density at radius 2 is 1.83 bits per heavy atom. The summed E-state index contributed by atoms with van der Waals surface area (Å²) in [4.78, 5) is 12.1. The van der Waals surface area contributed by atoms with E-state index in [2.05, 4.69) is 10.9 Å². The molecule has 0 spiro atoms.